The number of aromatic nitrogens is 1. The van der Waals surface area contributed by atoms with Crippen molar-refractivity contribution in [1.82, 2.24) is 4.98 Å². The largest absolute Gasteiger partial charge is 0.467 e. The van der Waals surface area contributed by atoms with Crippen molar-refractivity contribution < 1.29 is 4.42 Å². The summed E-state index contributed by atoms with van der Waals surface area (Å²) in [6.07, 6.45) is 1.66. The van der Waals surface area contributed by atoms with Gasteiger partial charge in [0.05, 0.1) is 18.5 Å². The first-order chi connectivity index (χ1) is 8.20. The van der Waals surface area contributed by atoms with Gasteiger partial charge in [-0.3, -0.25) is 0 Å². The van der Waals surface area contributed by atoms with E-state index in [9.17, 15) is 0 Å². The lowest BCUT2D eigenvalue weighted by Crippen LogP contribution is -2.23. The molecule has 0 unspecified atom stereocenters. The van der Waals surface area contributed by atoms with Crippen LogP contribution in [0.15, 0.2) is 34.9 Å². The van der Waals surface area contributed by atoms with Crippen LogP contribution in [0.5, 0.6) is 0 Å². The Bertz CT molecular complexity index is 481. The second-order valence-corrected chi connectivity index (χ2v) is 3.74. The number of anilines is 3. The predicted molar refractivity (Wildman–Crippen MR) is 68.5 cm³/mol. The number of hydrogen-bond acceptors (Lipinski definition) is 5. The molecule has 0 bridgehead atoms. The molecule has 0 saturated carbocycles. The monoisotopic (exact) mass is 232 g/mol. The van der Waals surface area contributed by atoms with E-state index in [0.717, 1.165) is 18.1 Å². The quantitative estimate of drug-likeness (QED) is 0.841. The number of furan rings is 1. The molecule has 2 aromatic heterocycles. The van der Waals surface area contributed by atoms with Gasteiger partial charge >= 0.3 is 0 Å². The molecule has 0 aliphatic heterocycles. The van der Waals surface area contributed by atoms with Crippen molar-refractivity contribution in [3.05, 3.63) is 36.3 Å². The Morgan fingerprint density at radius 1 is 1.29 bits per heavy atom. The second kappa shape index (κ2) is 4.78. The van der Waals surface area contributed by atoms with E-state index in [2.05, 4.69) is 16.8 Å². The van der Waals surface area contributed by atoms with Crippen LogP contribution in [0.3, 0.4) is 0 Å². The molecule has 0 spiro atoms. The van der Waals surface area contributed by atoms with E-state index in [1.807, 2.05) is 18.2 Å². The van der Waals surface area contributed by atoms with Crippen molar-refractivity contribution in [2.24, 2.45) is 0 Å². The van der Waals surface area contributed by atoms with Gasteiger partial charge in [-0.25, -0.2) is 4.98 Å². The number of nitrogen functional groups attached to an aromatic ring is 2. The van der Waals surface area contributed by atoms with Crippen molar-refractivity contribution in [2.45, 2.75) is 13.5 Å². The Hall–Kier alpha value is -2.17. The van der Waals surface area contributed by atoms with Crippen LogP contribution in [0.2, 0.25) is 0 Å². The molecule has 2 aromatic rings. The average Bonchev–Trinajstić information content (AvgIpc) is 2.82. The minimum atomic E-state index is 0.361. The number of rotatable bonds is 4. The molecule has 90 valence electrons. The summed E-state index contributed by atoms with van der Waals surface area (Å²) in [6, 6.07) is 7.43. The van der Waals surface area contributed by atoms with Gasteiger partial charge < -0.3 is 20.8 Å². The summed E-state index contributed by atoms with van der Waals surface area (Å²) in [4.78, 5) is 6.33. The third kappa shape index (κ3) is 2.50. The third-order valence-electron chi connectivity index (χ3n) is 2.58. The maximum absolute atomic E-state index is 5.70. The Morgan fingerprint density at radius 2 is 2.12 bits per heavy atom. The van der Waals surface area contributed by atoms with E-state index in [1.165, 1.54) is 0 Å². The van der Waals surface area contributed by atoms with Gasteiger partial charge in [-0.1, -0.05) is 0 Å². The molecule has 2 heterocycles. The Labute approximate surface area is 100 Å². The van der Waals surface area contributed by atoms with Gasteiger partial charge in [0.15, 0.2) is 0 Å². The smallest absolute Gasteiger partial charge is 0.149 e. The first-order valence-electron chi connectivity index (χ1n) is 5.50. The van der Waals surface area contributed by atoms with Crippen LogP contribution >= 0.6 is 0 Å². The normalized spacial score (nSPS) is 10.4. The van der Waals surface area contributed by atoms with E-state index < -0.39 is 0 Å². The minimum absolute atomic E-state index is 0.361. The molecular weight excluding hydrogens is 216 g/mol. The van der Waals surface area contributed by atoms with Crippen LogP contribution in [0.4, 0.5) is 17.3 Å². The molecule has 0 fully saturated rings. The maximum atomic E-state index is 5.70. The molecule has 0 aliphatic carbocycles. The molecule has 0 atom stereocenters. The van der Waals surface area contributed by atoms with Gasteiger partial charge in [0.25, 0.3) is 0 Å². The molecule has 5 heteroatoms. The zero-order chi connectivity index (χ0) is 12.3. The highest BCUT2D eigenvalue weighted by Crippen LogP contribution is 2.20. The third-order valence-corrected chi connectivity index (χ3v) is 2.58. The predicted octanol–water partition coefficient (Wildman–Crippen LogP) is 1.87. The van der Waals surface area contributed by atoms with Gasteiger partial charge in [-0.15, -0.1) is 0 Å². The Kier molecular flexibility index (Phi) is 3.18. The molecule has 0 radical (unpaired) electrons. The lowest BCUT2D eigenvalue weighted by Gasteiger charge is -2.21. The highest BCUT2D eigenvalue weighted by Gasteiger charge is 2.09. The Balaban J connectivity index is 2.20. The van der Waals surface area contributed by atoms with Gasteiger partial charge in [-0.2, -0.15) is 0 Å². The van der Waals surface area contributed by atoms with Crippen molar-refractivity contribution in [2.75, 3.05) is 22.9 Å². The Morgan fingerprint density at radius 3 is 2.71 bits per heavy atom. The fraction of sp³-hybridized carbons (Fsp3) is 0.250. The minimum Gasteiger partial charge on any atom is -0.467 e. The summed E-state index contributed by atoms with van der Waals surface area (Å²) >= 11 is 0. The maximum Gasteiger partial charge on any atom is 0.149 e. The summed E-state index contributed by atoms with van der Waals surface area (Å²) in [5, 5.41) is 0. The standard InChI is InChI=1S/C12H16N4O/c1-2-16(8-9-4-3-7-17-9)11-6-5-10(13)12(14)15-11/h3-7H,2,8,13H2,1H3,(H2,14,15). The summed E-state index contributed by atoms with van der Waals surface area (Å²) in [6.45, 7) is 3.54. The summed E-state index contributed by atoms with van der Waals surface area (Å²) < 4.78 is 5.32. The van der Waals surface area contributed by atoms with Crippen LogP contribution in [-0.4, -0.2) is 11.5 Å². The number of nitrogens with two attached hydrogens (primary N) is 2. The molecule has 0 amide bonds. The van der Waals surface area contributed by atoms with Crippen molar-refractivity contribution in [3.8, 4) is 0 Å². The van der Waals surface area contributed by atoms with Gasteiger partial charge in [0, 0.05) is 6.54 Å². The van der Waals surface area contributed by atoms with E-state index in [-0.39, 0.29) is 0 Å². The number of nitrogens with zero attached hydrogens (tertiary/aromatic N) is 2. The van der Waals surface area contributed by atoms with Crippen molar-refractivity contribution in [1.29, 1.82) is 0 Å². The van der Waals surface area contributed by atoms with E-state index in [4.69, 9.17) is 15.9 Å². The first-order valence-corrected chi connectivity index (χ1v) is 5.50. The zero-order valence-corrected chi connectivity index (χ0v) is 9.76. The first kappa shape index (κ1) is 11.3. The molecule has 2 rings (SSSR count). The molecule has 5 nitrogen and oxygen atoms in total. The van der Waals surface area contributed by atoms with E-state index in [0.29, 0.717) is 18.1 Å². The van der Waals surface area contributed by atoms with Crippen molar-refractivity contribution in [3.63, 3.8) is 0 Å². The number of hydrogen-bond donors (Lipinski definition) is 2. The van der Waals surface area contributed by atoms with Gasteiger partial charge in [-0.05, 0) is 31.2 Å². The molecule has 0 saturated heterocycles. The average molecular weight is 232 g/mol. The molecular formula is C12H16N4O. The molecule has 17 heavy (non-hydrogen) atoms. The number of pyridine rings is 1. The fourth-order valence-corrected chi connectivity index (χ4v) is 1.60. The summed E-state index contributed by atoms with van der Waals surface area (Å²) in [5.74, 6) is 2.06. The van der Waals surface area contributed by atoms with E-state index >= 15 is 0 Å². The van der Waals surface area contributed by atoms with Crippen LogP contribution in [0.1, 0.15) is 12.7 Å². The van der Waals surface area contributed by atoms with Crippen molar-refractivity contribution >= 4 is 17.3 Å². The van der Waals surface area contributed by atoms with Crippen LogP contribution in [0, 0.1) is 0 Å². The SMILES string of the molecule is CCN(Cc1ccco1)c1ccc(N)c(N)n1. The highest BCUT2D eigenvalue weighted by atomic mass is 16.3. The highest BCUT2D eigenvalue weighted by molar-refractivity contribution is 5.62. The molecule has 4 N–H and O–H groups in total. The second-order valence-electron chi connectivity index (χ2n) is 3.74. The lowest BCUT2D eigenvalue weighted by molar-refractivity contribution is 0.503. The summed E-state index contributed by atoms with van der Waals surface area (Å²) in [7, 11) is 0. The van der Waals surface area contributed by atoms with Crippen LogP contribution in [0.25, 0.3) is 0 Å². The van der Waals surface area contributed by atoms with Gasteiger partial charge in [0.2, 0.25) is 0 Å². The molecule has 0 aliphatic rings. The fourth-order valence-electron chi connectivity index (χ4n) is 1.60. The van der Waals surface area contributed by atoms with Gasteiger partial charge in [0.1, 0.15) is 17.4 Å². The summed E-state index contributed by atoms with van der Waals surface area (Å²) in [5.41, 5.74) is 11.8. The van der Waals surface area contributed by atoms with Crippen LogP contribution < -0.4 is 16.4 Å². The zero-order valence-electron chi connectivity index (χ0n) is 9.76. The van der Waals surface area contributed by atoms with Crippen LogP contribution in [-0.2, 0) is 6.54 Å². The van der Waals surface area contributed by atoms with E-state index in [1.54, 1.807) is 12.3 Å². The topological polar surface area (TPSA) is 81.3 Å². The molecule has 0 aromatic carbocycles. The lowest BCUT2D eigenvalue weighted by atomic mass is 10.3.